The Kier molecular flexibility index (Phi) is 2.34. The van der Waals surface area contributed by atoms with Gasteiger partial charge in [-0.05, 0) is 36.4 Å². The molecule has 0 saturated heterocycles. The van der Waals surface area contributed by atoms with Crippen LogP contribution in [0, 0.1) is 11.9 Å². The highest BCUT2D eigenvalue weighted by atomic mass is 35.5. The van der Waals surface area contributed by atoms with Crippen LogP contribution in [0.1, 0.15) is 0 Å². The standard InChI is InChI=1S/C13H7ClFN2/c14-13-3-1-2-11(17-13)12-7-8-6-9(15)4-5-10(8)16-12/h1,3-7,16H. The van der Waals surface area contributed by atoms with Crippen LogP contribution in [0.5, 0.6) is 0 Å². The van der Waals surface area contributed by atoms with Crippen LogP contribution >= 0.6 is 11.6 Å². The normalized spacial score (nSPS) is 10.9. The van der Waals surface area contributed by atoms with Crippen LogP contribution in [0.2, 0.25) is 5.15 Å². The number of benzene rings is 1. The molecule has 0 aliphatic heterocycles. The molecule has 0 aliphatic carbocycles. The zero-order valence-electron chi connectivity index (χ0n) is 8.67. The van der Waals surface area contributed by atoms with Gasteiger partial charge in [-0.2, -0.15) is 0 Å². The van der Waals surface area contributed by atoms with E-state index in [1.165, 1.54) is 12.1 Å². The third kappa shape index (κ3) is 1.89. The predicted molar refractivity (Wildman–Crippen MR) is 65.3 cm³/mol. The van der Waals surface area contributed by atoms with Crippen LogP contribution in [-0.4, -0.2) is 9.97 Å². The van der Waals surface area contributed by atoms with Crippen molar-refractivity contribution in [2.45, 2.75) is 0 Å². The molecule has 17 heavy (non-hydrogen) atoms. The lowest BCUT2D eigenvalue weighted by Crippen LogP contribution is -1.83. The van der Waals surface area contributed by atoms with Crippen molar-refractivity contribution in [1.29, 1.82) is 0 Å². The zero-order valence-corrected chi connectivity index (χ0v) is 9.42. The molecule has 4 heteroatoms. The largest absolute Gasteiger partial charge is 0.353 e. The lowest BCUT2D eigenvalue weighted by molar-refractivity contribution is 0.630. The Morgan fingerprint density at radius 1 is 1.24 bits per heavy atom. The number of halogens is 2. The third-order valence-electron chi connectivity index (χ3n) is 2.50. The molecular weight excluding hydrogens is 239 g/mol. The number of fused-ring (bicyclic) bond motifs is 1. The fourth-order valence-corrected chi connectivity index (χ4v) is 1.88. The molecule has 0 aliphatic rings. The van der Waals surface area contributed by atoms with Gasteiger partial charge in [-0.1, -0.05) is 11.6 Å². The van der Waals surface area contributed by atoms with Crippen molar-refractivity contribution in [1.82, 2.24) is 9.97 Å². The molecule has 0 spiro atoms. The Labute approximate surface area is 102 Å². The van der Waals surface area contributed by atoms with Gasteiger partial charge in [0.1, 0.15) is 11.0 Å². The summed E-state index contributed by atoms with van der Waals surface area (Å²) in [5.41, 5.74) is 2.25. The van der Waals surface area contributed by atoms with E-state index in [0.717, 1.165) is 16.6 Å². The van der Waals surface area contributed by atoms with Gasteiger partial charge in [-0.3, -0.25) is 0 Å². The molecule has 1 N–H and O–H groups in total. The molecule has 0 amide bonds. The molecule has 3 aromatic rings. The number of aromatic nitrogens is 2. The Bertz CT molecular complexity index is 691. The number of hydrogen-bond acceptors (Lipinski definition) is 1. The summed E-state index contributed by atoms with van der Waals surface area (Å²) in [4.78, 5) is 7.29. The number of rotatable bonds is 1. The van der Waals surface area contributed by atoms with Crippen molar-refractivity contribution in [3.63, 3.8) is 0 Å². The minimum absolute atomic E-state index is 0.258. The van der Waals surface area contributed by atoms with Crippen LogP contribution < -0.4 is 0 Å². The number of nitrogens with zero attached hydrogens (tertiary/aromatic N) is 1. The maximum Gasteiger partial charge on any atom is 0.129 e. The van der Waals surface area contributed by atoms with Crippen molar-refractivity contribution < 1.29 is 4.39 Å². The van der Waals surface area contributed by atoms with Crippen molar-refractivity contribution in [3.05, 3.63) is 53.4 Å². The van der Waals surface area contributed by atoms with Gasteiger partial charge in [0, 0.05) is 17.0 Å². The summed E-state index contributed by atoms with van der Waals surface area (Å²) >= 11 is 5.81. The second-order valence-electron chi connectivity index (χ2n) is 3.68. The maximum absolute atomic E-state index is 13.1. The van der Waals surface area contributed by atoms with E-state index in [1.54, 1.807) is 18.2 Å². The Morgan fingerprint density at radius 3 is 2.94 bits per heavy atom. The van der Waals surface area contributed by atoms with Crippen molar-refractivity contribution >= 4 is 22.5 Å². The average Bonchev–Trinajstić information content (AvgIpc) is 2.72. The predicted octanol–water partition coefficient (Wildman–Crippen LogP) is 3.82. The minimum atomic E-state index is -0.258. The maximum atomic E-state index is 13.1. The first-order chi connectivity index (χ1) is 8.22. The molecule has 1 aromatic carbocycles. The fourth-order valence-electron chi connectivity index (χ4n) is 1.73. The lowest BCUT2D eigenvalue weighted by Gasteiger charge is -1.95. The molecule has 0 fully saturated rings. The number of hydrogen-bond donors (Lipinski definition) is 1. The molecule has 2 nitrogen and oxygen atoms in total. The molecule has 1 radical (unpaired) electrons. The minimum Gasteiger partial charge on any atom is -0.353 e. The summed E-state index contributed by atoms with van der Waals surface area (Å²) in [6.07, 6.45) is 0. The third-order valence-corrected chi connectivity index (χ3v) is 2.71. The first-order valence-electron chi connectivity index (χ1n) is 5.05. The van der Waals surface area contributed by atoms with Gasteiger partial charge >= 0.3 is 0 Å². The topological polar surface area (TPSA) is 28.7 Å². The molecular formula is C13H7ClFN2. The van der Waals surface area contributed by atoms with Crippen molar-refractivity contribution in [3.8, 4) is 11.4 Å². The summed E-state index contributed by atoms with van der Waals surface area (Å²) in [6, 6.07) is 12.8. The summed E-state index contributed by atoms with van der Waals surface area (Å²) in [5, 5.41) is 1.21. The highest BCUT2D eigenvalue weighted by Crippen LogP contribution is 2.23. The fraction of sp³-hybridized carbons (Fsp3) is 0. The van der Waals surface area contributed by atoms with Crippen LogP contribution in [0.3, 0.4) is 0 Å². The van der Waals surface area contributed by atoms with E-state index in [9.17, 15) is 4.39 Å². The summed E-state index contributed by atoms with van der Waals surface area (Å²) in [5.74, 6) is -0.258. The van der Waals surface area contributed by atoms with E-state index in [1.807, 2.05) is 6.07 Å². The molecule has 2 heterocycles. The lowest BCUT2D eigenvalue weighted by atomic mass is 10.2. The molecule has 0 atom stereocenters. The van der Waals surface area contributed by atoms with Gasteiger partial charge in [0.15, 0.2) is 0 Å². The van der Waals surface area contributed by atoms with Gasteiger partial charge in [0.2, 0.25) is 0 Å². The van der Waals surface area contributed by atoms with E-state index >= 15 is 0 Å². The Hall–Kier alpha value is -1.87. The molecule has 3 rings (SSSR count). The van der Waals surface area contributed by atoms with Gasteiger partial charge in [-0.25, -0.2) is 9.37 Å². The summed E-state index contributed by atoms with van der Waals surface area (Å²) in [7, 11) is 0. The van der Waals surface area contributed by atoms with Gasteiger partial charge < -0.3 is 4.98 Å². The van der Waals surface area contributed by atoms with Gasteiger partial charge in [-0.15, -0.1) is 0 Å². The number of H-pyrrole nitrogens is 1. The summed E-state index contributed by atoms with van der Waals surface area (Å²) in [6.45, 7) is 0. The quantitative estimate of drug-likeness (QED) is 0.649. The first-order valence-corrected chi connectivity index (χ1v) is 5.43. The SMILES string of the molecule is Fc1ccc2[nH]c(-c3[c]ccc(Cl)n3)cc2c1. The second kappa shape index (κ2) is 3.86. The van der Waals surface area contributed by atoms with E-state index in [2.05, 4.69) is 16.0 Å². The van der Waals surface area contributed by atoms with Crippen molar-refractivity contribution in [2.24, 2.45) is 0 Å². The van der Waals surface area contributed by atoms with Crippen LogP contribution in [0.15, 0.2) is 36.4 Å². The summed E-state index contributed by atoms with van der Waals surface area (Å²) < 4.78 is 13.1. The molecule has 2 aromatic heterocycles. The van der Waals surface area contributed by atoms with Crippen LogP contribution in [0.25, 0.3) is 22.3 Å². The number of nitrogens with one attached hydrogen (secondary N) is 1. The highest BCUT2D eigenvalue weighted by molar-refractivity contribution is 6.29. The van der Waals surface area contributed by atoms with Crippen molar-refractivity contribution in [2.75, 3.05) is 0 Å². The van der Waals surface area contributed by atoms with E-state index < -0.39 is 0 Å². The second-order valence-corrected chi connectivity index (χ2v) is 4.06. The molecule has 83 valence electrons. The van der Waals surface area contributed by atoms with E-state index in [-0.39, 0.29) is 5.82 Å². The Morgan fingerprint density at radius 2 is 2.12 bits per heavy atom. The first kappa shape index (κ1) is 10.3. The average molecular weight is 246 g/mol. The monoisotopic (exact) mass is 245 g/mol. The Balaban J connectivity index is 2.18. The smallest absolute Gasteiger partial charge is 0.129 e. The highest BCUT2D eigenvalue weighted by Gasteiger charge is 2.05. The van der Waals surface area contributed by atoms with E-state index in [4.69, 9.17) is 11.6 Å². The molecule has 0 saturated carbocycles. The molecule has 0 unspecified atom stereocenters. The number of pyridine rings is 1. The van der Waals surface area contributed by atoms with Gasteiger partial charge in [0.05, 0.1) is 11.4 Å². The number of aromatic amines is 1. The van der Waals surface area contributed by atoms with E-state index in [0.29, 0.717) is 10.8 Å². The zero-order chi connectivity index (χ0) is 11.8. The van der Waals surface area contributed by atoms with Crippen LogP contribution in [-0.2, 0) is 0 Å². The van der Waals surface area contributed by atoms with Crippen LogP contribution in [0.4, 0.5) is 4.39 Å². The van der Waals surface area contributed by atoms with Gasteiger partial charge in [0.25, 0.3) is 0 Å². The molecule has 0 bridgehead atoms.